The number of imidazole rings is 1. The molecule has 0 saturated carbocycles. The molecule has 130 valence electrons. The molecule has 6 nitrogen and oxygen atoms in total. The number of benzene rings is 1. The molecule has 1 amide bonds. The number of carbonyl (C=O) groups is 2. The molecule has 1 aliphatic rings. The fraction of sp³-hybridized carbons (Fsp3) is 0.294. The first-order valence-electron chi connectivity index (χ1n) is 7.94. The van der Waals surface area contributed by atoms with E-state index in [2.05, 4.69) is 10.1 Å². The second-order valence-electron chi connectivity index (χ2n) is 5.44. The quantitative estimate of drug-likeness (QED) is 0.808. The number of hydrogen-bond donors (Lipinski definition) is 0. The van der Waals surface area contributed by atoms with E-state index < -0.39 is 0 Å². The minimum atomic E-state index is -0.179. The molecule has 1 aliphatic heterocycles. The summed E-state index contributed by atoms with van der Waals surface area (Å²) in [4.78, 5) is 29.1. The minimum Gasteiger partial charge on any atom is -0.274 e. The number of aryl methyl sites for hydroxylation is 1. The number of aromatic nitrogens is 2. The van der Waals surface area contributed by atoms with Gasteiger partial charge in [0, 0.05) is 23.4 Å². The van der Waals surface area contributed by atoms with Gasteiger partial charge in [-0.05, 0) is 30.8 Å². The number of carbonyl (C=O) groups excluding carboxylic acids is 2. The lowest BCUT2D eigenvalue weighted by atomic mass is 10.2. The number of halogens is 1. The minimum absolute atomic E-state index is 0.0694. The number of hydrazone groups is 1. The molecule has 0 fully saturated rings. The summed E-state index contributed by atoms with van der Waals surface area (Å²) in [5.74, 6) is 0.710. The summed E-state index contributed by atoms with van der Waals surface area (Å²) in [7, 11) is 0. The number of anilines is 1. The molecular weight excluding hydrogens is 360 g/mol. The Bertz CT molecular complexity index is 874. The molecule has 0 spiro atoms. The van der Waals surface area contributed by atoms with Gasteiger partial charge in [-0.3, -0.25) is 14.2 Å². The molecule has 3 rings (SSSR count). The van der Waals surface area contributed by atoms with E-state index in [1.54, 1.807) is 37.5 Å². The molecule has 8 heteroatoms. The van der Waals surface area contributed by atoms with Crippen LogP contribution in [-0.4, -0.2) is 26.4 Å². The van der Waals surface area contributed by atoms with Crippen molar-refractivity contribution in [3.63, 3.8) is 0 Å². The predicted molar refractivity (Wildman–Crippen MR) is 99.5 cm³/mol. The van der Waals surface area contributed by atoms with Crippen LogP contribution in [0, 0.1) is 6.92 Å². The first kappa shape index (κ1) is 17.7. The van der Waals surface area contributed by atoms with Crippen molar-refractivity contribution in [1.29, 1.82) is 0 Å². The van der Waals surface area contributed by atoms with Crippen molar-refractivity contribution >= 4 is 46.0 Å². The Labute approximate surface area is 154 Å². The zero-order chi connectivity index (χ0) is 18.1. The normalized spacial score (nSPS) is 13.4. The van der Waals surface area contributed by atoms with Gasteiger partial charge >= 0.3 is 0 Å². The molecular formula is C17H17ClN4O2S. The molecule has 0 atom stereocenters. The Morgan fingerprint density at radius 1 is 1.12 bits per heavy atom. The van der Waals surface area contributed by atoms with Crippen molar-refractivity contribution in [2.45, 2.75) is 38.6 Å². The highest BCUT2D eigenvalue weighted by Crippen LogP contribution is 2.38. The van der Waals surface area contributed by atoms with Crippen LogP contribution in [0.25, 0.3) is 0 Å². The van der Waals surface area contributed by atoms with Gasteiger partial charge in [0.2, 0.25) is 11.8 Å². The topological polar surface area (TPSA) is 67.6 Å². The van der Waals surface area contributed by atoms with Crippen LogP contribution in [0.3, 0.4) is 0 Å². The largest absolute Gasteiger partial charge is 0.274 e. The van der Waals surface area contributed by atoms with Crippen molar-refractivity contribution in [2.75, 3.05) is 5.01 Å². The van der Waals surface area contributed by atoms with Crippen molar-refractivity contribution in [3.8, 4) is 0 Å². The maximum atomic E-state index is 12.4. The van der Waals surface area contributed by atoms with E-state index in [-0.39, 0.29) is 18.2 Å². The van der Waals surface area contributed by atoms with Crippen molar-refractivity contribution in [3.05, 3.63) is 40.7 Å². The van der Waals surface area contributed by atoms with E-state index in [0.717, 1.165) is 5.56 Å². The van der Waals surface area contributed by atoms with E-state index in [4.69, 9.17) is 11.6 Å². The number of hydrogen-bond acceptors (Lipinski definition) is 5. The lowest BCUT2D eigenvalue weighted by Crippen LogP contribution is -2.29. The van der Waals surface area contributed by atoms with Gasteiger partial charge in [0.25, 0.3) is 0 Å². The van der Waals surface area contributed by atoms with Crippen LogP contribution in [0.15, 0.2) is 34.4 Å². The van der Waals surface area contributed by atoms with Gasteiger partial charge in [0.1, 0.15) is 15.9 Å². The van der Waals surface area contributed by atoms with E-state index in [0.29, 0.717) is 33.2 Å². The smallest absolute Gasteiger partial charge is 0.248 e. The molecule has 1 aromatic carbocycles. The fourth-order valence-electron chi connectivity index (χ4n) is 2.46. The molecule has 1 aromatic heterocycles. The Kier molecular flexibility index (Phi) is 4.96. The standard InChI is InChI=1S/C17H17ClN4O2S/c1-4-13(23)21-10(3)19-15-17(21)25-16(20-22(15)14(24)5-2)11-6-8-12(18)9-7-11/h6-9H,4-5H2,1-3H3. The van der Waals surface area contributed by atoms with Crippen molar-refractivity contribution < 1.29 is 9.59 Å². The number of nitrogens with zero attached hydrogens (tertiary/aromatic N) is 4. The number of fused-ring (bicyclic) bond motifs is 1. The Morgan fingerprint density at radius 3 is 2.36 bits per heavy atom. The molecule has 2 heterocycles. The van der Waals surface area contributed by atoms with E-state index in [1.165, 1.54) is 16.8 Å². The SMILES string of the molecule is CCC(=O)N1N=C(c2ccc(Cl)cc2)Sc2c1nc(C)n2C(=O)CC. The maximum absolute atomic E-state index is 12.4. The van der Waals surface area contributed by atoms with Crippen LogP contribution < -0.4 is 5.01 Å². The lowest BCUT2D eigenvalue weighted by Gasteiger charge is -2.22. The van der Waals surface area contributed by atoms with Crippen LogP contribution in [0.4, 0.5) is 5.82 Å². The maximum Gasteiger partial charge on any atom is 0.248 e. The van der Waals surface area contributed by atoms with Crippen LogP contribution in [0.2, 0.25) is 5.02 Å². The summed E-state index contributed by atoms with van der Waals surface area (Å²) >= 11 is 7.28. The summed E-state index contributed by atoms with van der Waals surface area (Å²) in [5.41, 5.74) is 0.823. The first-order valence-corrected chi connectivity index (χ1v) is 9.13. The molecule has 0 N–H and O–H groups in total. The second kappa shape index (κ2) is 7.01. The number of thioether (sulfide) groups is 1. The van der Waals surface area contributed by atoms with Gasteiger partial charge in [-0.1, -0.05) is 37.6 Å². The highest BCUT2D eigenvalue weighted by atomic mass is 35.5. The Balaban J connectivity index is 2.14. The van der Waals surface area contributed by atoms with E-state index in [9.17, 15) is 9.59 Å². The summed E-state index contributed by atoms with van der Waals surface area (Å²) in [5, 5.41) is 7.62. The average molecular weight is 377 g/mol. The third-order valence-corrected chi connectivity index (χ3v) is 5.07. The highest BCUT2D eigenvalue weighted by Gasteiger charge is 2.32. The molecule has 0 aliphatic carbocycles. The monoisotopic (exact) mass is 376 g/mol. The molecule has 0 unspecified atom stereocenters. The second-order valence-corrected chi connectivity index (χ2v) is 6.86. The van der Waals surface area contributed by atoms with Gasteiger partial charge in [0.15, 0.2) is 5.82 Å². The Hall–Kier alpha value is -2.12. The zero-order valence-electron chi connectivity index (χ0n) is 14.1. The molecule has 2 aromatic rings. The average Bonchev–Trinajstić information content (AvgIpc) is 2.96. The number of amides is 1. The van der Waals surface area contributed by atoms with Gasteiger partial charge in [-0.2, -0.15) is 10.1 Å². The summed E-state index contributed by atoms with van der Waals surface area (Å²) in [6.45, 7) is 5.32. The van der Waals surface area contributed by atoms with Gasteiger partial charge < -0.3 is 0 Å². The van der Waals surface area contributed by atoms with Crippen LogP contribution in [0.1, 0.15) is 42.9 Å². The molecule has 25 heavy (non-hydrogen) atoms. The molecule has 0 bridgehead atoms. The van der Waals surface area contributed by atoms with Crippen LogP contribution >= 0.6 is 23.4 Å². The predicted octanol–water partition coefficient (Wildman–Crippen LogP) is 4.11. The summed E-state index contributed by atoms with van der Waals surface area (Å²) in [6.07, 6.45) is 0.633. The van der Waals surface area contributed by atoms with Gasteiger partial charge in [-0.15, -0.1) is 0 Å². The van der Waals surface area contributed by atoms with E-state index >= 15 is 0 Å². The fourth-order valence-corrected chi connectivity index (χ4v) is 3.70. The third kappa shape index (κ3) is 3.21. The van der Waals surface area contributed by atoms with Gasteiger partial charge in [-0.25, -0.2) is 4.98 Å². The van der Waals surface area contributed by atoms with Gasteiger partial charge in [0.05, 0.1) is 0 Å². The van der Waals surface area contributed by atoms with Crippen molar-refractivity contribution in [1.82, 2.24) is 9.55 Å². The van der Waals surface area contributed by atoms with Crippen molar-refractivity contribution in [2.24, 2.45) is 5.10 Å². The Morgan fingerprint density at radius 2 is 1.76 bits per heavy atom. The van der Waals surface area contributed by atoms with Crippen LogP contribution in [0.5, 0.6) is 0 Å². The summed E-state index contributed by atoms with van der Waals surface area (Å²) < 4.78 is 1.56. The highest BCUT2D eigenvalue weighted by molar-refractivity contribution is 8.14. The third-order valence-electron chi connectivity index (χ3n) is 3.75. The number of rotatable bonds is 3. The first-order chi connectivity index (χ1) is 12.0. The summed E-state index contributed by atoms with van der Waals surface area (Å²) in [6, 6.07) is 7.20. The zero-order valence-corrected chi connectivity index (χ0v) is 15.7. The van der Waals surface area contributed by atoms with E-state index in [1.807, 2.05) is 12.1 Å². The lowest BCUT2D eigenvalue weighted by molar-refractivity contribution is -0.118. The molecule has 0 saturated heterocycles. The molecule has 0 radical (unpaired) electrons. The van der Waals surface area contributed by atoms with Crippen LogP contribution in [-0.2, 0) is 4.79 Å².